The number of hydrogen-bond donors (Lipinski definition) is 0. The number of ether oxygens (including phenoxy) is 1. The molecule has 1 aromatic carbocycles. The van der Waals surface area contributed by atoms with Gasteiger partial charge in [0.25, 0.3) is 0 Å². The van der Waals surface area contributed by atoms with Crippen LogP contribution >= 0.6 is 0 Å². The first-order chi connectivity index (χ1) is 12.7. The Bertz CT molecular complexity index is 777. The predicted molar refractivity (Wildman–Crippen MR) is 105 cm³/mol. The lowest BCUT2D eigenvalue weighted by atomic mass is 9.93. The van der Waals surface area contributed by atoms with E-state index in [-0.39, 0.29) is 0 Å². The Morgan fingerprint density at radius 2 is 2.15 bits per heavy atom. The molecular formula is C22H29N3O. The van der Waals surface area contributed by atoms with Crippen molar-refractivity contribution in [3.8, 4) is 12.3 Å². The minimum absolute atomic E-state index is 0.346. The van der Waals surface area contributed by atoms with Crippen LogP contribution in [0, 0.1) is 24.2 Å². The lowest BCUT2D eigenvalue weighted by Crippen LogP contribution is -2.44. The van der Waals surface area contributed by atoms with Crippen LogP contribution < -0.4 is 0 Å². The maximum Gasteiger partial charge on any atom is 0.107 e. The number of rotatable bonds is 6. The van der Waals surface area contributed by atoms with E-state index in [1.807, 2.05) is 6.20 Å². The zero-order valence-corrected chi connectivity index (χ0v) is 15.7. The van der Waals surface area contributed by atoms with Crippen LogP contribution in [0.1, 0.15) is 32.6 Å². The second kappa shape index (κ2) is 7.82. The molecule has 4 heteroatoms. The molecule has 2 saturated heterocycles. The van der Waals surface area contributed by atoms with Crippen LogP contribution in [-0.4, -0.2) is 46.5 Å². The fourth-order valence-corrected chi connectivity index (χ4v) is 4.86. The van der Waals surface area contributed by atoms with Crippen LogP contribution in [0.25, 0.3) is 10.9 Å². The van der Waals surface area contributed by atoms with Crippen LogP contribution in [0.5, 0.6) is 0 Å². The average molecular weight is 351 g/mol. The summed E-state index contributed by atoms with van der Waals surface area (Å²) >= 11 is 0. The molecular weight excluding hydrogens is 322 g/mol. The predicted octanol–water partition coefficient (Wildman–Crippen LogP) is 3.57. The second-order valence-electron chi connectivity index (χ2n) is 8.15. The van der Waals surface area contributed by atoms with E-state index in [0.717, 1.165) is 25.4 Å². The number of para-hydroxylation sites is 1. The van der Waals surface area contributed by atoms with Gasteiger partial charge in [0.2, 0.25) is 0 Å². The molecule has 4 nitrogen and oxygen atoms in total. The first-order valence-corrected chi connectivity index (χ1v) is 9.92. The highest BCUT2D eigenvalue weighted by atomic mass is 16.5. The Hall–Kier alpha value is -1.83. The van der Waals surface area contributed by atoms with Crippen LogP contribution in [-0.2, 0) is 11.3 Å². The molecule has 2 bridgehead atoms. The number of hydrogen-bond acceptors (Lipinski definition) is 3. The van der Waals surface area contributed by atoms with E-state index in [1.54, 1.807) is 0 Å². The molecule has 3 fully saturated rings. The van der Waals surface area contributed by atoms with Gasteiger partial charge in [-0.2, -0.15) is 5.10 Å². The first kappa shape index (κ1) is 17.6. The molecule has 3 heterocycles. The number of terminal acetylenes is 1. The highest BCUT2D eigenvalue weighted by Crippen LogP contribution is 2.35. The summed E-state index contributed by atoms with van der Waals surface area (Å²) < 4.78 is 8.06. The van der Waals surface area contributed by atoms with E-state index >= 15 is 0 Å². The Labute approximate surface area is 156 Å². The zero-order valence-electron chi connectivity index (χ0n) is 15.7. The summed E-state index contributed by atoms with van der Waals surface area (Å²) in [6.45, 7) is 6.12. The van der Waals surface area contributed by atoms with E-state index in [1.165, 1.54) is 36.7 Å². The van der Waals surface area contributed by atoms with Crippen molar-refractivity contribution in [2.45, 2.75) is 51.3 Å². The fraction of sp³-hybridized carbons (Fsp3) is 0.591. The van der Waals surface area contributed by atoms with E-state index in [9.17, 15) is 0 Å². The second-order valence-corrected chi connectivity index (χ2v) is 8.15. The Morgan fingerprint density at radius 1 is 1.27 bits per heavy atom. The Balaban J connectivity index is 1.38. The summed E-state index contributed by atoms with van der Waals surface area (Å²) in [6.07, 6.45) is 12.6. The van der Waals surface area contributed by atoms with Crippen LogP contribution in [0.3, 0.4) is 0 Å². The smallest absolute Gasteiger partial charge is 0.107 e. The van der Waals surface area contributed by atoms with Gasteiger partial charge in [0.1, 0.15) is 6.61 Å². The van der Waals surface area contributed by atoms with Crippen molar-refractivity contribution < 1.29 is 4.74 Å². The van der Waals surface area contributed by atoms with E-state index in [0.29, 0.717) is 24.7 Å². The molecule has 1 aliphatic carbocycles. The minimum Gasteiger partial charge on any atom is -0.365 e. The maximum atomic E-state index is 5.90. The largest absolute Gasteiger partial charge is 0.365 e. The van der Waals surface area contributed by atoms with Crippen molar-refractivity contribution in [1.82, 2.24) is 14.7 Å². The van der Waals surface area contributed by atoms with Crippen LogP contribution in [0.2, 0.25) is 0 Å². The molecule has 3 aliphatic rings. The van der Waals surface area contributed by atoms with Gasteiger partial charge in [-0.1, -0.05) is 31.0 Å². The van der Waals surface area contributed by atoms with Gasteiger partial charge in [-0.05, 0) is 43.6 Å². The highest BCUT2D eigenvalue weighted by molar-refractivity contribution is 5.78. The standard InChI is InChI=1S/C22H29N3O/c1-3-10-26-21-11-18-8-9-20(12-21)24(16-18)14-17(2)15-25-22-7-5-4-6-19(22)13-23-25/h1,4-7,13,17-18,20-21H,8-12,14-16H2,2H3. The van der Waals surface area contributed by atoms with Gasteiger partial charge in [0.05, 0.1) is 17.8 Å². The summed E-state index contributed by atoms with van der Waals surface area (Å²) in [6, 6.07) is 9.11. The van der Waals surface area contributed by atoms with E-state index < -0.39 is 0 Å². The molecule has 138 valence electrons. The number of benzene rings is 1. The van der Waals surface area contributed by atoms with Crippen molar-refractivity contribution in [3.05, 3.63) is 30.5 Å². The molecule has 26 heavy (non-hydrogen) atoms. The summed E-state index contributed by atoms with van der Waals surface area (Å²) in [5.41, 5.74) is 1.24. The third-order valence-corrected chi connectivity index (χ3v) is 6.03. The summed E-state index contributed by atoms with van der Waals surface area (Å²) in [7, 11) is 0. The molecule has 0 spiro atoms. The number of nitrogens with zero attached hydrogens (tertiary/aromatic N) is 3. The van der Waals surface area contributed by atoms with Crippen LogP contribution in [0.15, 0.2) is 30.5 Å². The van der Waals surface area contributed by atoms with Crippen molar-refractivity contribution in [3.63, 3.8) is 0 Å². The number of piperidine rings is 1. The topological polar surface area (TPSA) is 30.3 Å². The average Bonchev–Trinajstić information content (AvgIpc) is 2.84. The quantitative estimate of drug-likeness (QED) is 0.746. The van der Waals surface area contributed by atoms with Crippen molar-refractivity contribution in [1.29, 1.82) is 0 Å². The molecule has 1 saturated carbocycles. The third kappa shape index (κ3) is 3.79. The molecule has 0 radical (unpaired) electrons. The van der Waals surface area contributed by atoms with Gasteiger partial charge in [-0.3, -0.25) is 9.58 Å². The van der Waals surface area contributed by atoms with Gasteiger partial charge >= 0.3 is 0 Å². The van der Waals surface area contributed by atoms with Crippen molar-refractivity contribution >= 4 is 10.9 Å². The summed E-state index contributed by atoms with van der Waals surface area (Å²) in [5, 5.41) is 5.82. The molecule has 0 amide bonds. The SMILES string of the molecule is C#CCOC1CC2CCC(C1)N(CC(C)Cn1ncc3ccccc31)C2. The Kier molecular flexibility index (Phi) is 5.28. The van der Waals surface area contributed by atoms with Gasteiger partial charge in [-0.15, -0.1) is 6.42 Å². The summed E-state index contributed by atoms with van der Waals surface area (Å²) in [4.78, 5) is 2.71. The molecule has 5 rings (SSSR count). The van der Waals surface area contributed by atoms with Crippen LogP contribution in [0.4, 0.5) is 0 Å². The molecule has 4 unspecified atom stereocenters. The van der Waals surface area contributed by atoms with Gasteiger partial charge in [-0.25, -0.2) is 0 Å². The van der Waals surface area contributed by atoms with Crippen molar-refractivity contribution in [2.75, 3.05) is 19.7 Å². The molecule has 2 aliphatic heterocycles. The molecule has 2 aromatic rings. The number of aromatic nitrogens is 2. The van der Waals surface area contributed by atoms with E-state index in [2.05, 4.69) is 51.8 Å². The van der Waals surface area contributed by atoms with Crippen molar-refractivity contribution in [2.24, 2.45) is 11.8 Å². The lowest BCUT2D eigenvalue weighted by molar-refractivity contribution is 0.0546. The van der Waals surface area contributed by atoms with Gasteiger partial charge in [0.15, 0.2) is 0 Å². The normalized spacial score (nSPS) is 27.3. The summed E-state index contributed by atoms with van der Waals surface area (Å²) in [5.74, 6) is 3.95. The molecule has 4 atom stereocenters. The molecule has 0 N–H and O–H groups in total. The van der Waals surface area contributed by atoms with Gasteiger partial charge in [0, 0.05) is 31.1 Å². The number of fused-ring (bicyclic) bond motifs is 5. The molecule has 1 aromatic heterocycles. The third-order valence-electron chi connectivity index (χ3n) is 6.03. The minimum atomic E-state index is 0.346. The first-order valence-electron chi connectivity index (χ1n) is 9.92. The fourth-order valence-electron chi connectivity index (χ4n) is 4.86. The monoisotopic (exact) mass is 351 g/mol. The van der Waals surface area contributed by atoms with Gasteiger partial charge < -0.3 is 4.74 Å². The maximum absolute atomic E-state index is 5.90. The van der Waals surface area contributed by atoms with E-state index in [4.69, 9.17) is 11.2 Å². The zero-order chi connectivity index (χ0) is 17.9. The highest BCUT2D eigenvalue weighted by Gasteiger charge is 2.36. The lowest BCUT2D eigenvalue weighted by Gasteiger charge is -2.38. The Morgan fingerprint density at radius 3 is 3.04 bits per heavy atom.